The number of anilines is 1. The molecule has 0 saturated carbocycles. The Balaban J connectivity index is 2.30. The number of nitrogens with one attached hydrogen (secondary N) is 1. The van der Waals surface area contributed by atoms with Crippen molar-refractivity contribution in [2.24, 2.45) is 0 Å². The van der Waals surface area contributed by atoms with Crippen LogP contribution in [0.4, 0.5) is 5.13 Å². The van der Waals surface area contributed by atoms with Crippen molar-refractivity contribution in [2.75, 3.05) is 31.9 Å². The lowest BCUT2D eigenvalue weighted by Crippen LogP contribution is -2.34. The summed E-state index contributed by atoms with van der Waals surface area (Å²) >= 11 is 1.28. The van der Waals surface area contributed by atoms with E-state index in [1.807, 2.05) is 0 Å². The van der Waals surface area contributed by atoms with Gasteiger partial charge in [0.15, 0.2) is 5.13 Å². The number of nitrogens with zero attached hydrogens (tertiary/aromatic N) is 2. The lowest BCUT2D eigenvalue weighted by atomic mass is 10.4. The van der Waals surface area contributed by atoms with Crippen molar-refractivity contribution in [3.63, 3.8) is 0 Å². The maximum atomic E-state index is 11.6. The van der Waals surface area contributed by atoms with Crippen LogP contribution in [0.3, 0.4) is 0 Å². The first-order chi connectivity index (χ1) is 7.67. The number of thiazole rings is 1. The lowest BCUT2D eigenvalue weighted by Gasteiger charge is -2.17. The SMILES string of the molecule is CCN(CC)CCNC(=O)c1csc(N)n1. The van der Waals surface area contributed by atoms with E-state index in [0.717, 1.165) is 19.6 Å². The molecule has 0 aromatic carbocycles. The Morgan fingerprint density at radius 2 is 2.25 bits per heavy atom. The molecular weight excluding hydrogens is 224 g/mol. The molecule has 0 aliphatic heterocycles. The Hall–Kier alpha value is -1.14. The first-order valence-electron chi connectivity index (χ1n) is 5.38. The quantitative estimate of drug-likeness (QED) is 0.774. The molecule has 1 heterocycles. The number of likely N-dealkylation sites (N-methyl/N-ethyl adjacent to an activating group) is 1. The summed E-state index contributed by atoms with van der Waals surface area (Å²) < 4.78 is 0. The normalized spacial score (nSPS) is 10.7. The second-order valence-corrected chi connectivity index (χ2v) is 4.24. The number of aromatic nitrogens is 1. The molecule has 0 bridgehead atoms. The molecule has 0 fully saturated rings. The molecule has 0 spiro atoms. The van der Waals surface area contributed by atoms with Crippen molar-refractivity contribution in [1.82, 2.24) is 15.2 Å². The average molecular weight is 242 g/mol. The summed E-state index contributed by atoms with van der Waals surface area (Å²) in [5.74, 6) is -0.153. The fourth-order valence-electron chi connectivity index (χ4n) is 1.35. The minimum Gasteiger partial charge on any atom is -0.375 e. The molecule has 3 N–H and O–H groups in total. The van der Waals surface area contributed by atoms with Crippen LogP contribution in [0.5, 0.6) is 0 Å². The molecule has 1 aromatic heterocycles. The monoisotopic (exact) mass is 242 g/mol. The van der Waals surface area contributed by atoms with Gasteiger partial charge in [-0.2, -0.15) is 0 Å². The Kier molecular flexibility index (Phi) is 5.21. The highest BCUT2D eigenvalue weighted by Gasteiger charge is 2.09. The summed E-state index contributed by atoms with van der Waals surface area (Å²) in [5, 5.41) is 4.91. The van der Waals surface area contributed by atoms with Gasteiger partial charge in [-0.1, -0.05) is 13.8 Å². The minimum absolute atomic E-state index is 0.153. The maximum Gasteiger partial charge on any atom is 0.270 e. The third-order valence-corrected chi connectivity index (χ3v) is 3.04. The van der Waals surface area contributed by atoms with E-state index < -0.39 is 0 Å². The minimum atomic E-state index is -0.153. The van der Waals surface area contributed by atoms with E-state index in [2.05, 4.69) is 29.0 Å². The number of nitrogen functional groups attached to an aromatic ring is 1. The predicted octanol–water partition coefficient (Wildman–Crippen LogP) is 0.797. The molecule has 0 radical (unpaired) electrons. The van der Waals surface area contributed by atoms with Gasteiger partial charge >= 0.3 is 0 Å². The van der Waals surface area contributed by atoms with Crippen LogP contribution in [0.2, 0.25) is 0 Å². The Labute approximate surface area is 99.7 Å². The van der Waals surface area contributed by atoms with E-state index in [1.165, 1.54) is 11.3 Å². The van der Waals surface area contributed by atoms with Gasteiger partial charge in [-0.3, -0.25) is 4.79 Å². The second kappa shape index (κ2) is 6.44. The van der Waals surface area contributed by atoms with Crippen LogP contribution in [0, 0.1) is 0 Å². The first kappa shape index (κ1) is 12.9. The van der Waals surface area contributed by atoms with Gasteiger partial charge in [0.25, 0.3) is 5.91 Å². The zero-order valence-electron chi connectivity index (χ0n) is 9.69. The molecule has 90 valence electrons. The summed E-state index contributed by atoms with van der Waals surface area (Å²) in [6.45, 7) is 7.70. The van der Waals surface area contributed by atoms with Crippen molar-refractivity contribution in [1.29, 1.82) is 0 Å². The van der Waals surface area contributed by atoms with Crippen molar-refractivity contribution < 1.29 is 4.79 Å². The average Bonchev–Trinajstić information content (AvgIpc) is 2.71. The van der Waals surface area contributed by atoms with Gasteiger partial charge in [-0.15, -0.1) is 11.3 Å². The Bertz CT molecular complexity index is 335. The second-order valence-electron chi connectivity index (χ2n) is 3.35. The number of hydrogen-bond acceptors (Lipinski definition) is 5. The number of amides is 1. The number of carbonyl (C=O) groups is 1. The van der Waals surface area contributed by atoms with Crippen molar-refractivity contribution >= 4 is 22.4 Å². The van der Waals surface area contributed by atoms with E-state index in [0.29, 0.717) is 17.4 Å². The summed E-state index contributed by atoms with van der Waals surface area (Å²) in [5.41, 5.74) is 5.86. The molecule has 16 heavy (non-hydrogen) atoms. The smallest absolute Gasteiger partial charge is 0.270 e. The van der Waals surface area contributed by atoms with Crippen molar-refractivity contribution in [3.8, 4) is 0 Å². The molecule has 5 nitrogen and oxygen atoms in total. The fourth-order valence-corrected chi connectivity index (χ4v) is 1.89. The zero-order chi connectivity index (χ0) is 12.0. The van der Waals surface area contributed by atoms with Crippen LogP contribution in [0.1, 0.15) is 24.3 Å². The fraction of sp³-hybridized carbons (Fsp3) is 0.600. The van der Waals surface area contributed by atoms with E-state index in [9.17, 15) is 4.79 Å². The largest absolute Gasteiger partial charge is 0.375 e. The topological polar surface area (TPSA) is 71.2 Å². The van der Waals surface area contributed by atoms with Gasteiger partial charge in [-0.25, -0.2) is 4.98 Å². The standard InChI is InChI=1S/C10H18N4OS/c1-3-14(4-2)6-5-12-9(15)8-7-16-10(11)13-8/h7H,3-6H2,1-2H3,(H2,11,13)(H,12,15). The highest BCUT2D eigenvalue weighted by Crippen LogP contribution is 2.10. The van der Waals surface area contributed by atoms with Gasteiger partial charge in [0.2, 0.25) is 0 Å². The molecule has 1 rings (SSSR count). The molecule has 0 aliphatic carbocycles. The molecule has 6 heteroatoms. The zero-order valence-corrected chi connectivity index (χ0v) is 10.5. The van der Waals surface area contributed by atoms with Gasteiger partial charge < -0.3 is 16.0 Å². The molecule has 0 atom stereocenters. The van der Waals surface area contributed by atoms with Crippen LogP contribution in [0.15, 0.2) is 5.38 Å². The highest BCUT2D eigenvalue weighted by molar-refractivity contribution is 7.13. The van der Waals surface area contributed by atoms with Gasteiger partial charge in [-0.05, 0) is 13.1 Å². The number of hydrogen-bond donors (Lipinski definition) is 2. The van der Waals surface area contributed by atoms with E-state index in [1.54, 1.807) is 5.38 Å². The first-order valence-corrected chi connectivity index (χ1v) is 6.26. The lowest BCUT2D eigenvalue weighted by molar-refractivity contribution is 0.0944. The summed E-state index contributed by atoms with van der Waals surface area (Å²) in [4.78, 5) is 17.7. The third-order valence-electron chi connectivity index (χ3n) is 2.36. The Morgan fingerprint density at radius 3 is 2.75 bits per heavy atom. The van der Waals surface area contributed by atoms with E-state index in [-0.39, 0.29) is 5.91 Å². The van der Waals surface area contributed by atoms with E-state index >= 15 is 0 Å². The maximum absolute atomic E-state index is 11.6. The Morgan fingerprint density at radius 1 is 1.56 bits per heavy atom. The van der Waals surface area contributed by atoms with Gasteiger partial charge in [0, 0.05) is 18.5 Å². The molecule has 0 unspecified atom stereocenters. The van der Waals surface area contributed by atoms with Gasteiger partial charge in [0.05, 0.1) is 0 Å². The van der Waals surface area contributed by atoms with Crippen molar-refractivity contribution in [2.45, 2.75) is 13.8 Å². The van der Waals surface area contributed by atoms with Crippen LogP contribution in [-0.4, -0.2) is 42.0 Å². The molecule has 0 aliphatic rings. The van der Waals surface area contributed by atoms with Crippen LogP contribution in [0.25, 0.3) is 0 Å². The van der Waals surface area contributed by atoms with Crippen LogP contribution < -0.4 is 11.1 Å². The molecule has 1 aromatic rings. The predicted molar refractivity (Wildman–Crippen MR) is 66.6 cm³/mol. The van der Waals surface area contributed by atoms with Gasteiger partial charge in [0.1, 0.15) is 5.69 Å². The summed E-state index contributed by atoms with van der Waals surface area (Å²) in [7, 11) is 0. The number of nitrogens with two attached hydrogens (primary N) is 1. The number of rotatable bonds is 6. The molecule has 0 saturated heterocycles. The van der Waals surface area contributed by atoms with Crippen LogP contribution in [-0.2, 0) is 0 Å². The van der Waals surface area contributed by atoms with Crippen LogP contribution >= 0.6 is 11.3 Å². The number of carbonyl (C=O) groups excluding carboxylic acids is 1. The third kappa shape index (κ3) is 3.79. The summed E-state index contributed by atoms with van der Waals surface area (Å²) in [6.07, 6.45) is 0. The summed E-state index contributed by atoms with van der Waals surface area (Å²) in [6, 6.07) is 0. The molecule has 1 amide bonds. The highest BCUT2D eigenvalue weighted by atomic mass is 32.1. The van der Waals surface area contributed by atoms with E-state index in [4.69, 9.17) is 5.73 Å². The molecular formula is C10H18N4OS. The van der Waals surface area contributed by atoms with Crippen molar-refractivity contribution in [3.05, 3.63) is 11.1 Å².